The lowest BCUT2D eigenvalue weighted by atomic mass is 9.85. The van der Waals surface area contributed by atoms with Gasteiger partial charge in [-0.3, -0.25) is 14.3 Å². The minimum Gasteiger partial charge on any atom is -0.364 e. The van der Waals surface area contributed by atoms with Gasteiger partial charge in [0.2, 0.25) is 0 Å². The Morgan fingerprint density at radius 1 is 1.14 bits per heavy atom. The second kappa shape index (κ2) is 4.10. The standard InChI is InChI=1S/C17H20N4O/c1-19-8-15-14(19)9-21(15)11-5-6-13-12(7-11)17(22)20(2)16(18-13)10-3-4-10/h5-7,10,14-15H,3-4,8-9H2,1-2H3/t14-,15?/m1/s1. The van der Waals surface area contributed by atoms with E-state index in [4.69, 9.17) is 4.98 Å². The van der Waals surface area contributed by atoms with E-state index in [2.05, 4.69) is 22.9 Å². The first-order valence-corrected chi connectivity index (χ1v) is 8.11. The Kier molecular flexibility index (Phi) is 2.36. The molecule has 1 unspecified atom stereocenters. The third-order valence-corrected chi connectivity index (χ3v) is 5.64. The second-order valence-electron chi connectivity index (χ2n) is 7.04. The first kappa shape index (κ1) is 12.6. The van der Waals surface area contributed by atoms with Crippen molar-refractivity contribution in [1.29, 1.82) is 0 Å². The van der Waals surface area contributed by atoms with Crippen LogP contribution in [0.15, 0.2) is 23.0 Å². The molecule has 114 valence electrons. The molecule has 1 aromatic carbocycles. The number of likely N-dealkylation sites (N-methyl/N-ethyl adjacent to an activating group) is 1. The van der Waals surface area contributed by atoms with Crippen molar-refractivity contribution in [2.24, 2.45) is 7.05 Å². The lowest BCUT2D eigenvalue weighted by molar-refractivity contribution is 0.0369. The molecule has 0 bridgehead atoms. The molecule has 0 radical (unpaired) electrons. The SMILES string of the molecule is CN1CC2[C@H]1CN2c1ccc2nc(C3CC3)n(C)c(=O)c2c1. The zero-order chi connectivity index (χ0) is 15.0. The Morgan fingerprint density at radius 2 is 1.95 bits per heavy atom. The fourth-order valence-corrected chi connectivity index (χ4v) is 3.93. The Balaban J connectivity index is 1.58. The highest BCUT2D eigenvalue weighted by Gasteiger charge is 2.49. The molecule has 2 aromatic rings. The lowest BCUT2D eigenvalue weighted by Gasteiger charge is -2.62. The Morgan fingerprint density at radius 3 is 2.59 bits per heavy atom. The smallest absolute Gasteiger partial charge is 0.261 e. The molecule has 1 aromatic heterocycles. The normalized spacial score (nSPS) is 27.5. The molecule has 2 atom stereocenters. The van der Waals surface area contributed by atoms with Gasteiger partial charge in [0.1, 0.15) is 5.82 Å². The van der Waals surface area contributed by atoms with Gasteiger partial charge in [0.25, 0.3) is 5.56 Å². The van der Waals surface area contributed by atoms with Crippen LogP contribution in [-0.2, 0) is 7.05 Å². The minimum absolute atomic E-state index is 0.0940. The van der Waals surface area contributed by atoms with Crippen LogP contribution in [0.5, 0.6) is 0 Å². The number of fused-ring (bicyclic) bond motifs is 2. The summed E-state index contributed by atoms with van der Waals surface area (Å²) in [6.45, 7) is 2.19. The van der Waals surface area contributed by atoms with Crippen LogP contribution in [0.3, 0.4) is 0 Å². The number of aromatic nitrogens is 2. The summed E-state index contributed by atoms with van der Waals surface area (Å²) in [4.78, 5) is 22.2. The first-order chi connectivity index (χ1) is 10.6. The summed E-state index contributed by atoms with van der Waals surface area (Å²) in [7, 11) is 4.04. The highest BCUT2D eigenvalue weighted by molar-refractivity contribution is 5.82. The second-order valence-corrected chi connectivity index (χ2v) is 7.04. The number of hydrogen-bond donors (Lipinski definition) is 0. The average molecular weight is 296 g/mol. The molecular weight excluding hydrogens is 276 g/mol. The number of benzene rings is 1. The van der Waals surface area contributed by atoms with E-state index in [-0.39, 0.29) is 5.56 Å². The highest BCUT2D eigenvalue weighted by Crippen LogP contribution is 2.39. The number of anilines is 1. The zero-order valence-electron chi connectivity index (χ0n) is 13.0. The van der Waals surface area contributed by atoms with E-state index in [1.807, 2.05) is 19.2 Å². The summed E-state index contributed by atoms with van der Waals surface area (Å²) in [5.41, 5.74) is 2.10. The van der Waals surface area contributed by atoms with Crippen molar-refractivity contribution < 1.29 is 0 Å². The van der Waals surface area contributed by atoms with E-state index < -0.39 is 0 Å². The van der Waals surface area contributed by atoms with Gasteiger partial charge in [-0.1, -0.05) is 0 Å². The molecule has 3 aliphatic rings. The number of piperazine rings is 1. The van der Waals surface area contributed by atoms with Crippen molar-refractivity contribution >= 4 is 16.6 Å². The molecule has 5 heteroatoms. The Hall–Kier alpha value is -1.88. The van der Waals surface area contributed by atoms with E-state index in [9.17, 15) is 4.79 Å². The van der Waals surface area contributed by atoms with E-state index in [0.29, 0.717) is 18.0 Å². The van der Waals surface area contributed by atoms with Crippen LogP contribution in [0.2, 0.25) is 0 Å². The van der Waals surface area contributed by atoms with Crippen LogP contribution >= 0.6 is 0 Å². The summed E-state index contributed by atoms with van der Waals surface area (Å²) in [6.07, 6.45) is 2.32. The molecule has 2 aliphatic heterocycles. The molecule has 1 saturated carbocycles. The van der Waals surface area contributed by atoms with Gasteiger partial charge in [-0.25, -0.2) is 4.98 Å². The minimum atomic E-state index is 0.0940. The Labute approximate surface area is 129 Å². The van der Waals surface area contributed by atoms with Gasteiger partial charge >= 0.3 is 0 Å². The molecule has 3 heterocycles. The summed E-state index contributed by atoms with van der Waals surface area (Å²) >= 11 is 0. The van der Waals surface area contributed by atoms with Crippen LogP contribution in [0.1, 0.15) is 24.6 Å². The molecular formula is C17H20N4O. The predicted octanol–water partition coefficient (Wildman–Crippen LogP) is 1.31. The zero-order valence-corrected chi connectivity index (χ0v) is 13.0. The maximum absolute atomic E-state index is 12.7. The van der Waals surface area contributed by atoms with E-state index in [1.54, 1.807) is 4.57 Å². The fourth-order valence-electron chi connectivity index (χ4n) is 3.93. The van der Waals surface area contributed by atoms with Crippen LogP contribution in [0.25, 0.3) is 10.9 Å². The van der Waals surface area contributed by atoms with Crippen molar-refractivity contribution in [3.8, 4) is 0 Å². The van der Waals surface area contributed by atoms with Gasteiger partial charge in [-0.15, -0.1) is 0 Å². The molecule has 3 fully saturated rings. The van der Waals surface area contributed by atoms with Crippen molar-refractivity contribution in [1.82, 2.24) is 14.5 Å². The summed E-state index contributed by atoms with van der Waals surface area (Å²) in [5.74, 6) is 1.44. The fraction of sp³-hybridized carbons (Fsp3) is 0.529. The first-order valence-electron chi connectivity index (χ1n) is 8.11. The monoisotopic (exact) mass is 296 g/mol. The summed E-state index contributed by atoms with van der Waals surface area (Å²) < 4.78 is 1.75. The van der Waals surface area contributed by atoms with Gasteiger partial charge in [0, 0.05) is 37.8 Å². The van der Waals surface area contributed by atoms with Crippen molar-refractivity contribution in [2.75, 3.05) is 25.0 Å². The predicted molar refractivity (Wildman–Crippen MR) is 86.5 cm³/mol. The van der Waals surface area contributed by atoms with Gasteiger partial charge in [0.15, 0.2) is 0 Å². The third kappa shape index (κ3) is 1.57. The third-order valence-electron chi connectivity index (χ3n) is 5.64. The number of rotatable bonds is 2. The lowest BCUT2D eigenvalue weighted by Crippen LogP contribution is -2.78. The van der Waals surface area contributed by atoms with Gasteiger partial charge in [-0.05, 0) is 38.1 Å². The number of likely N-dealkylation sites (tertiary alicyclic amines) is 1. The van der Waals surface area contributed by atoms with E-state index >= 15 is 0 Å². The van der Waals surface area contributed by atoms with Gasteiger partial charge < -0.3 is 4.90 Å². The van der Waals surface area contributed by atoms with Crippen molar-refractivity contribution in [3.63, 3.8) is 0 Å². The van der Waals surface area contributed by atoms with Crippen LogP contribution < -0.4 is 10.5 Å². The summed E-state index contributed by atoms with van der Waals surface area (Å²) in [6, 6.07) is 7.52. The topological polar surface area (TPSA) is 41.4 Å². The highest BCUT2D eigenvalue weighted by atomic mass is 16.1. The molecule has 0 N–H and O–H groups in total. The molecule has 2 saturated heterocycles. The van der Waals surface area contributed by atoms with Gasteiger partial charge in [-0.2, -0.15) is 0 Å². The molecule has 0 spiro atoms. The molecule has 1 aliphatic carbocycles. The molecule has 5 nitrogen and oxygen atoms in total. The van der Waals surface area contributed by atoms with E-state index in [0.717, 1.165) is 42.7 Å². The largest absolute Gasteiger partial charge is 0.364 e. The molecule has 5 rings (SSSR count). The van der Waals surface area contributed by atoms with Gasteiger partial charge in [0.05, 0.1) is 16.9 Å². The quantitative estimate of drug-likeness (QED) is 0.838. The maximum atomic E-state index is 12.7. The van der Waals surface area contributed by atoms with Crippen molar-refractivity contribution in [3.05, 3.63) is 34.4 Å². The van der Waals surface area contributed by atoms with Crippen LogP contribution in [0, 0.1) is 0 Å². The number of nitrogens with zero attached hydrogens (tertiary/aromatic N) is 4. The molecule has 22 heavy (non-hydrogen) atoms. The average Bonchev–Trinajstić information content (AvgIpc) is 3.33. The number of hydrogen-bond acceptors (Lipinski definition) is 4. The van der Waals surface area contributed by atoms with Crippen LogP contribution in [-0.4, -0.2) is 46.7 Å². The maximum Gasteiger partial charge on any atom is 0.261 e. The molecule has 0 amide bonds. The van der Waals surface area contributed by atoms with Crippen LogP contribution in [0.4, 0.5) is 5.69 Å². The Bertz CT molecular complexity index is 838. The van der Waals surface area contributed by atoms with Crippen molar-refractivity contribution in [2.45, 2.75) is 30.8 Å². The van der Waals surface area contributed by atoms with E-state index in [1.165, 1.54) is 5.69 Å². The summed E-state index contributed by atoms with van der Waals surface area (Å²) in [5, 5.41) is 0.750.